The van der Waals surface area contributed by atoms with Crippen LogP contribution in [-0.2, 0) is 14.3 Å². The third-order valence-electron chi connectivity index (χ3n) is 4.63. The Balaban J connectivity index is 1.58. The number of esters is 1. The molecule has 32 heavy (non-hydrogen) atoms. The molecule has 12 heteroatoms. The number of hydrogen-bond donors (Lipinski definition) is 1. The molecule has 2 aromatic carbocycles. The molecular formula is C20H13Cl5N2O5. The van der Waals surface area contributed by atoms with Crippen LogP contribution in [0, 0.1) is 6.92 Å². The van der Waals surface area contributed by atoms with Crippen molar-refractivity contribution < 1.29 is 23.9 Å². The minimum Gasteiger partial charge on any atom is -0.456 e. The number of rotatable bonds is 6. The summed E-state index contributed by atoms with van der Waals surface area (Å²) in [6.07, 6.45) is -0.356. The van der Waals surface area contributed by atoms with E-state index in [0.29, 0.717) is 16.3 Å². The van der Waals surface area contributed by atoms with E-state index in [1.165, 1.54) is 0 Å². The molecule has 1 aliphatic rings. The van der Waals surface area contributed by atoms with Crippen molar-refractivity contribution in [3.05, 3.63) is 60.0 Å². The van der Waals surface area contributed by atoms with Crippen LogP contribution in [0.5, 0.6) is 0 Å². The standard InChI is InChI=1S/C20H13Cl5N2O5/c1-8-9(21)3-2-4-10(8)26-11(28)7-32-12(29)5-6-27-19(30)13-14(20(27)31)16(23)18(25)17(24)15(13)22/h2-4H,5-7H2,1H3,(H,26,28). The second-order valence-corrected chi connectivity index (χ2v) is 8.56. The molecule has 0 radical (unpaired) electrons. The van der Waals surface area contributed by atoms with Crippen molar-refractivity contribution in [2.75, 3.05) is 18.5 Å². The van der Waals surface area contributed by atoms with Crippen LogP contribution >= 0.6 is 58.0 Å². The highest BCUT2D eigenvalue weighted by Gasteiger charge is 2.41. The average molecular weight is 539 g/mol. The maximum absolute atomic E-state index is 12.6. The third kappa shape index (κ3) is 4.67. The lowest BCUT2D eigenvalue weighted by atomic mass is 10.1. The number of anilines is 1. The van der Waals surface area contributed by atoms with Crippen LogP contribution in [0.1, 0.15) is 32.7 Å². The Morgan fingerprint density at radius 3 is 2.06 bits per heavy atom. The number of imide groups is 1. The molecule has 7 nitrogen and oxygen atoms in total. The molecule has 0 saturated heterocycles. The SMILES string of the molecule is Cc1c(Cl)cccc1NC(=O)COC(=O)CCN1C(=O)c2c(Cl)c(Cl)c(Cl)c(Cl)c2C1=O. The predicted molar refractivity (Wildman–Crippen MR) is 122 cm³/mol. The average Bonchev–Trinajstić information content (AvgIpc) is 3.00. The van der Waals surface area contributed by atoms with E-state index in [1.807, 2.05) is 0 Å². The van der Waals surface area contributed by atoms with Gasteiger partial charge in [0.05, 0.1) is 37.6 Å². The summed E-state index contributed by atoms with van der Waals surface area (Å²) in [6.45, 7) is 0.850. The zero-order valence-electron chi connectivity index (χ0n) is 16.2. The monoisotopic (exact) mass is 536 g/mol. The first-order valence-corrected chi connectivity index (χ1v) is 10.9. The van der Waals surface area contributed by atoms with Crippen LogP contribution in [0.25, 0.3) is 0 Å². The lowest BCUT2D eigenvalue weighted by Crippen LogP contribution is -2.32. The van der Waals surface area contributed by atoms with Gasteiger partial charge in [-0.1, -0.05) is 64.1 Å². The van der Waals surface area contributed by atoms with Crippen molar-refractivity contribution in [3.8, 4) is 0 Å². The van der Waals surface area contributed by atoms with E-state index in [0.717, 1.165) is 4.90 Å². The number of carbonyl (C=O) groups excluding carboxylic acids is 4. The Bertz CT molecular complexity index is 1120. The molecule has 0 bridgehead atoms. The molecule has 1 heterocycles. The number of hydrogen-bond acceptors (Lipinski definition) is 5. The summed E-state index contributed by atoms with van der Waals surface area (Å²) >= 11 is 30.0. The van der Waals surface area contributed by atoms with Gasteiger partial charge in [-0.25, -0.2) is 0 Å². The van der Waals surface area contributed by atoms with E-state index in [2.05, 4.69) is 5.32 Å². The number of benzene rings is 2. The quantitative estimate of drug-likeness (QED) is 0.229. The van der Waals surface area contributed by atoms with E-state index < -0.39 is 30.3 Å². The lowest BCUT2D eigenvalue weighted by Gasteiger charge is -2.13. The summed E-state index contributed by atoms with van der Waals surface area (Å²) < 4.78 is 4.91. The Kier molecular flexibility index (Phi) is 7.57. The summed E-state index contributed by atoms with van der Waals surface area (Å²) in [5.74, 6) is -2.91. The molecule has 0 fully saturated rings. The maximum Gasteiger partial charge on any atom is 0.308 e. The van der Waals surface area contributed by atoms with Crippen LogP contribution in [0.3, 0.4) is 0 Å². The Labute approximate surface area is 207 Å². The van der Waals surface area contributed by atoms with Gasteiger partial charge in [0.25, 0.3) is 17.7 Å². The van der Waals surface area contributed by atoms with Crippen molar-refractivity contribution >= 4 is 87.4 Å². The number of halogens is 5. The number of nitrogens with zero attached hydrogens (tertiary/aromatic N) is 1. The van der Waals surface area contributed by atoms with E-state index in [4.69, 9.17) is 62.7 Å². The first kappa shape index (κ1) is 24.6. The highest BCUT2D eigenvalue weighted by atomic mass is 35.5. The Hall–Kier alpha value is -2.03. The van der Waals surface area contributed by atoms with Crippen LogP contribution < -0.4 is 5.32 Å². The molecule has 3 rings (SSSR count). The number of fused-ring (bicyclic) bond motifs is 1. The van der Waals surface area contributed by atoms with Crippen LogP contribution in [-0.4, -0.2) is 41.7 Å². The minimum absolute atomic E-state index is 0.152. The van der Waals surface area contributed by atoms with Gasteiger partial charge in [0.1, 0.15) is 0 Å². The van der Waals surface area contributed by atoms with E-state index in [1.54, 1.807) is 25.1 Å². The van der Waals surface area contributed by atoms with E-state index in [-0.39, 0.29) is 44.2 Å². The van der Waals surface area contributed by atoms with Gasteiger partial charge in [-0.2, -0.15) is 0 Å². The zero-order chi connectivity index (χ0) is 23.7. The molecule has 3 amide bonds. The zero-order valence-corrected chi connectivity index (χ0v) is 20.0. The van der Waals surface area contributed by atoms with Crippen LogP contribution in [0.15, 0.2) is 18.2 Å². The largest absolute Gasteiger partial charge is 0.456 e. The minimum atomic E-state index is -0.798. The number of ether oxygens (including phenoxy) is 1. The molecule has 0 unspecified atom stereocenters. The summed E-state index contributed by atoms with van der Waals surface area (Å²) in [4.78, 5) is 50.1. The maximum atomic E-state index is 12.6. The summed E-state index contributed by atoms with van der Waals surface area (Å²) in [5.41, 5.74) is 0.786. The van der Waals surface area contributed by atoms with Crippen LogP contribution in [0.4, 0.5) is 5.69 Å². The second kappa shape index (κ2) is 9.85. The highest BCUT2D eigenvalue weighted by molar-refractivity contribution is 6.55. The van der Waals surface area contributed by atoms with Crippen molar-refractivity contribution in [3.63, 3.8) is 0 Å². The molecule has 2 aromatic rings. The van der Waals surface area contributed by atoms with Gasteiger partial charge in [-0.05, 0) is 24.6 Å². The molecule has 0 aromatic heterocycles. The Morgan fingerprint density at radius 2 is 1.50 bits per heavy atom. The summed E-state index contributed by atoms with van der Waals surface area (Å²) in [6, 6.07) is 4.99. The predicted octanol–water partition coefficient (Wildman–Crippen LogP) is 5.43. The first-order valence-electron chi connectivity index (χ1n) is 8.97. The fraction of sp³-hybridized carbons (Fsp3) is 0.200. The highest BCUT2D eigenvalue weighted by Crippen LogP contribution is 2.44. The molecule has 0 spiro atoms. The molecular weight excluding hydrogens is 525 g/mol. The molecule has 168 valence electrons. The molecule has 1 N–H and O–H groups in total. The van der Waals surface area contributed by atoms with Gasteiger partial charge in [0.2, 0.25) is 0 Å². The molecule has 1 aliphatic heterocycles. The fourth-order valence-corrected chi connectivity index (χ4v) is 4.14. The normalized spacial score (nSPS) is 12.8. The van der Waals surface area contributed by atoms with Crippen molar-refractivity contribution in [2.24, 2.45) is 0 Å². The summed E-state index contributed by atoms with van der Waals surface area (Å²) in [7, 11) is 0. The molecule has 0 saturated carbocycles. The number of nitrogens with one attached hydrogen (secondary N) is 1. The van der Waals surface area contributed by atoms with Crippen molar-refractivity contribution in [1.29, 1.82) is 0 Å². The van der Waals surface area contributed by atoms with E-state index >= 15 is 0 Å². The molecule has 0 aliphatic carbocycles. The Morgan fingerprint density at radius 1 is 0.938 bits per heavy atom. The van der Waals surface area contributed by atoms with Gasteiger partial charge in [0, 0.05) is 17.3 Å². The van der Waals surface area contributed by atoms with Crippen LogP contribution in [0.2, 0.25) is 25.1 Å². The van der Waals surface area contributed by atoms with Gasteiger partial charge in [0.15, 0.2) is 6.61 Å². The first-order chi connectivity index (χ1) is 15.0. The van der Waals surface area contributed by atoms with Gasteiger partial charge in [-0.3, -0.25) is 24.1 Å². The third-order valence-corrected chi connectivity index (χ3v) is 6.84. The van der Waals surface area contributed by atoms with Crippen molar-refractivity contribution in [1.82, 2.24) is 4.90 Å². The topological polar surface area (TPSA) is 92.8 Å². The summed E-state index contributed by atoms with van der Waals surface area (Å²) in [5, 5.41) is 2.35. The molecule has 0 atom stereocenters. The van der Waals surface area contributed by atoms with Gasteiger partial charge >= 0.3 is 5.97 Å². The number of amides is 3. The van der Waals surface area contributed by atoms with Gasteiger partial charge < -0.3 is 10.1 Å². The van der Waals surface area contributed by atoms with Gasteiger partial charge in [-0.15, -0.1) is 0 Å². The van der Waals surface area contributed by atoms with Crippen molar-refractivity contribution in [2.45, 2.75) is 13.3 Å². The number of carbonyl (C=O) groups is 4. The second-order valence-electron chi connectivity index (χ2n) is 6.64. The lowest BCUT2D eigenvalue weighted by molar-refractivity contribution is -0.147. The van der Waals surface area contributed by atoms with E-state index in [9.17, 15) is 19.2 Å². The smallest absolute Gasteiger partial charge is 0.308 e. The fourth-order valence-electron chi connectivity index (χ4n) is 2.95.